The second-order valence-electron chi connectivity index (χ2n) is 5.05. The fourth-order valence-corrected chi connectivity index (χ4v) is 3.16. The van der Waals surface area contributed by atoms with Gasteiger partial charge in [-0.2, -0.15) is 0 Å². The molecule has 0 aliphatic rings. The molecule has 1 heterocycles. The monoisotopic (exact) mass is 324 g/mol. The largest absolute Gasteiger partial charge is 0.453 e. The number of benzene rings is 2. The van der Waals surface area contributed by atoms with Gasteiger partial charge in [0.25, 0.3) is 0 Å². The summed E-state index contributed by atoms with van der Waals surface area (Å²) in [6.07, 6.45) is -0.478. The number of ether oxygens (including phenoxy) is 1. The first-order valence-corrected chi connectivity index (χ1v) is 8.02. The molecule has 23 heavy (non-hydrogen) atoms. The minimum Gasteiger partial charge on any atom is -0.453 e. The van der Waals surface area contributed by atoms with Crippen LogP contribution in [0.15, 0.2) is 53.9 Å². The van der Waals surface area contributed by atoms with Gasteiger partial charge in [0, 0.05) is 22.2 Å². The first-order valence-electron chi connectivity index (χ1n) is 7.14. The average Bonchev–Trinajstić information content (AvgIpc) is 3.05. The number of amides is 1. The zero-order chi connectivity index (χ0) is 16.2. The molecular formula is C18H16N2O2S. The lowest BCUT2D eigenvalue weighted by Crippen LogP contribution is -2.10. The molecule has 1 aromatic heterocycles. The van der Waals surface area contributed by atoms with Crippen molar-refractivity contribution in [2.75, 3.05) is 12.4 Å². The summed E-state index contributed by atoms with van der Waals surface area (Å²) in [7, 11) is 1.34. The van der Waals surface area contributed by atoms with Gasteiger partial charge < -0.3 is 4.74 Å². The normalized spacial score (nSPS) is 10.3. The number of thiazole rings is 1. The predicted octanol–water partition coefficient (Wildman–Crippen LogP) is 4.96. The zero-order valence-electron chi connectivity index (χ0n) is 12.9. The van der Waals surface area contributed by atoms with E-state index in [9.17, 15) is 4.79 Å². The van der Waals surface area contributed by atoms with Crippen molar-refractivity contribution < 1.29 is 9.53 Å². The second kappa shape index (κ2) is 6.62. The molecule has 1 amide bonds. The lowest BCUT2D eigenvalue weighted by Gasteiger charge is -2.04. The van der Waals surface area contributed by atoms with Crippen LogP contribution in [-0.4, -0.2) is 18.2 Å². The maximum absolute atomic E-state index is 11.2. The van der Waals surface area contributed by atoms with E-state index in [2.05, 4.69) is 29.1 Å². The Bertz CT molecular complexity index is 825. The summed E-state index contributed by atoms with van der Waals surface area (Å²) >= 11 is 1.63. The van der Waals surface area contributed by atoms with Crippen molar-refractivity contribution in [1.29, 1.82) is 0 Å². The Labute approximate surface area is 138 Å². The highest BCUT2D eigenvalue weighted by atomic mass is 32.1. The van der Waals surface area contributed by atoms with Gasteiger partial charge in [-0.15, -0.1) is 11.3 Å². The van der Waals surface area contributed by atoms with Crippen LogP contribution in [0.25, 0.3) is 21.8 Å². The molecule has 0 saturated heterocycles. The Morgan fingerprint density at radius 3 is 2.57 bits per heavy atom. The lowest BCUT2D eigenvalue weighted by molar-refractivity contribution is 0.187. The number of carbonyl (C=O) groups is 1. The molecule has 0 bridgehead atoms. The predicted molar refractivity (Wildman–Crippen MR) is 93.8 cm³/mol. The van der Waals surface area contributed by atoms with Crippen LogP contribution in [0.1, 0.15) is 5.56 Å². The molecule has 116 valence electrons. The molecule has 4 nitrogen and oxygen atoms in total. The number of aryl methyl sites for hydroxylation is 1. The Kier molecular flexibility index (Phi) is 4.39. The molecule has 0 radical (unpaired) electrons. The van der Waals surface area contributed by atoms with E-state index in [1.165, 1.54) is 12.7 Å². The summed E-state index contributed by atoms with van der Waals surface area (Å²) in [5.74, 6) is 0. The molecule has 3 aromatic rings. The van der Waals surface area contributed by atoms with Crippen molar-refractivity contribution in [3.63, 3.8) is 0 Å². The molecule has 0 saturated carbocycles. The Morgan fingerprint density at radius 2 is 1.87 bits per heavy atom. The number of rotatable bonds is 3. The van der Waals surface area contributed by atoms with Gasteiger partial charge in [0.1, 0.15) is 5.01 Å². The smallest absolute Gasteiger partial charge is 0.411 e. The molecule has 0 unspecified atom stereocenters. The number of nitrogens with one attached hydrogen (secondary N) is 1. The SMILES string of the molecule is COC(=O)Nc1ccc(-c2csc(-c3ccccc3C)n2)cc1. The summed E-state index contributed by atoms with van der Waals surface area (Å²) in [6, 6.07) is 15.8. The molecule has 1 N–H and O–H groups in total. The third-order valence-corrected chi connectivity index (χ3v) is 4.37. The van der Waals surface area contributed by atoms with Crippen LogP contribution in [0.2, 0.25) is 0 Å². The maximum atomic E-state index is 11.2. The van der Waals surface area contributed by atoms with Gasteiger partial charge in [-0.1, -0.05) is 36.4 Å². The lowest BCUT2D eigenvalue weighted by atomic mass is 10.1. The number of methoxy groups -OCH3 is 1. The minimum absolute atomic E-state index is 0.478. The molecule has 0 aliphatic carbocycles. The summed E-state index contributed by atoms with van der Waals surface area (Å²) in [6.45, 7) is 2.09. The van der Waals surface area contributed by atoms with Gasteiger partial charge in [-0.25, -0.2) is 9.78 Å². The highest BCUT2D eigenvalue weighted by molar-refractivity contribution is 7.13. The van der Waals surface area contributed by atoms with Crippen molar-refractivity contribution >= 4 is 23.1 Å². The van der Waals surface area contributed by atoms with E-state index in [-0.39, 0.29) is 0 Å². The first-order chi connectivity index (χ1) is 11.2. The number of carbonyl (C=O) groups excluding carboxylic acids is 1. The number of hydrogen-bond donors (Lipinski definition) is 1. The van der Waals surface area contributed by atoms with E-state index in [1.54, 1.807) is 11.3 Å². The van der Waals surface area contributed by atoms with Crippen LogP contribution in [0.5, 0.6) is 0 Å². The number of anilines is 1. The Balaban J connectivity index is 1.83. The number of aromatic nitrogens is 1. The quantitative estimate of drug-likeness (QED) is 0.740. The van der Waals surface area contributed by atoms with Crippen molar-refractivity contribution in [2.24, 2.45) is 0 Å². The van der Waals surface area contributed by atoms with Crippen molar-refractivity contribution in [2.45, 2.75) is 6.92 Å². The molecule has 0 atom stereocenters. The van der Waals surface area contributed by atoms with Crippen LogP contribution in [0.3, 0.4) is 0 Å². The number of hydrogen-bond acceptors (Lipinski definition) is 4. The van der Waals surface area contributed by atoms with E-state index in [4.69, 9.17) is 4.98 Å². The molecule has 2 aromatic carbocycles. The zero-order valence-corrected chi connectivity index (χ0v) is 13.7. The van der Waals surface area contributed by atoms with Crippen molar-refractivity contribution in [3.8, 4) is 21.8 Å². The van der Waals surface area contributed by atoms with Crippen LogP contribution >= 0.6 is 11.3 Å². The van der Waals surface area contributed by atoms with E-state index < -0.39 is 6.09 Å². The van der Waals surface area contributed by atoms with Gasteiger partial charge in [0.2, 0.25) is 0 Å². The molecule has 0 aliphatic heterocycles. The third kappa shape index (κ3) is 3.40. The van der Waals surface area contributed by atoms with E-state index >= 15 is 0 Å². The molecule has 0 fully saturated rings. The maximum Gasteiger partial charge on any atom is 0.411 e. The van der Waals surface area contributed by atoms with Gasteiger partial charge in [0.05, 0.1) is 12.8 Å². The standard InChI is InChI=1S/C18H16N2O2S/c1-12-5-3-4-6-15(12)17-20-16(11-23-17)13-7-9-14(10-8-13)19-18(21)22-2/h3-11H,1-2H3,(H,19,21). The molecular weight excluding hydrogens is 308 g/mol. The van der Waals surface area contributed by atoms with Crippen LogP contribution in [-0.2, 0) is 4.74 Å². The summed E-state index contributed by atoms with van der Waals surface area (Å²) in [5.41, 5.74) is 5.00. The average molecular weight is 324 g/mol. The Hall–Kier alpha value is -2.66. The topological polar surface area (TPSA) is 51.2 Å². The van der Waals surface area contributed by atoms with E-state index in [0.29, 0.717) is 5.69 Å². The molecule has 3 rings (SSSR count). The first kappa shape index (κ1) is 15.2. The summed E-state index contributed by atoms with van der Waals surface area (Å²) < 4.78 is 4.57. The second-order valence-corrected chi connectivity index (χ2v) is 5.90. The van der Waals surface area contributed by atoms with Crippen LogP contribution < -0.4 is 5.32 Å². The highest BCUT2D eigenvalue weighted by Gasteiger charge is 2.09. The molecule has 5 heteroatoms. The van der Waals surface area contributed by atoms with Gasteiger partial charge in [0.15, 0.2) is 0 Å². The summed E-state index contributed by atoms with van der Waals surface area (Å²) in [5, 5.41) is 5.69. The number of nitrogens with zero attached hydrogens (tertiary/aromatic N) is 1. The Morgan fingerprint density at radius 1 is 1.13 bits per heavy atom. The van der Waals surface area contributed by atoms with Crippen molar-refractivity contribution in [3.05, 3.63) is 59.5 Å². The van der Waals surface area contributed by atoms with Gasteiger partial charge >= 0.3 is 6.09 Å². The highest BCUT2D eigenvalue weighted by Crippen LogP contribution is 2.31. The third-order valence-electron chi connectivity index (χ3n) is 3.49. The van der Waals surface area contributed by atoms with Crippen LogP contribution in [0.4, 0.5) is 10.5 Å². The van der Waals surface area contributed by atoms with Gasteiger partial charge in [-0.05, 0) is 24.6 Å². The fraction of sp³-hybridized carbons (Fsp3) is 0.111. The summed E-state index contributed by atoms with van der Waals surface area (Å²) in [4.78, 5) is 15.9. The van der Waals surface area contributed by atoms with Gasteiger partial charge in [-0.3, -0.25) is 5.32 Å². The van der Waals surface area contributed by atoms with Crippen molar-refractivity contribution in [1.82, 2.24) is 4.98 Å². The minimum atomic E-state index is -0.478. The molecule has 0 spiro atoms. The fourth-order valence-electron chi connectivity index (χ4n) is 2.24. The van der Waals surface area contributed by atoms with E-state index in [0.717, 1.165) is 21.8 Å². The van der Waals surface area contributed by atoms with Crippen LogP contribution in [0, 0.1) is 6.92 Å². The van der Waals surface area contributed by atoms with E-state index in [1.807, 2.05) is 41.8 Å².